The number of benzene rings is 1. The topological polar surface area (TPSA) is 54.7 Å². The van der Waals surface area contributed by atoms with Crippen LogP contribution in [-0.4, -0.2) is 9.97 Å². The Hall–Kier alpha value is -1.61. The maximum atomic E-state index is 6.41. The predicted molar refractivity (Wildman–Crippen MR) is 77.8 cm³/mol. The summed E-state index contributed by atoms with van der Waals surface area (Å²) in [5, 5.41) is 0. The first kappa shape index (κ1) is 12.4. The fraction of sp³-hybridized carbons (Fsp3) is 0.438. The van der Waals surface area contributed by atoms with E-state index in [9.17, 15) is 0 Å². The highest BCUT2D eigenvalue weighted by Crippen LogP contribution is 2.43. The third-order valence-corrected chi connectivity index (χ3v) is 4.19. The number of hydrogen-bond acceptors (Lipinski definition) is 2. The van der Waals surface area contributed by atoms with Crippen LogP contribution < -0.4 is 5.73 Å². The first-order chi connectivity index (χ1) is 8.98. The molecule has 1 aliphatic carbocycles. The molecule has 0 spiro atoms. The number of aryl methyl sites for hydroxylation is 2. The van der Waals surface area contributed by atoms with Crippen LogP contribution in [0.15, 0.2) is 24.4 Å². The number of rotatable bonds is 3. The molecule has 1 aliphatic rings. The Morgan fingerprint density at radius 1 is 1.32 bits per heavy atom. The van der Waals surface area contributed by atoms with E-state index in [1.165, 1.54) is 29.5 Å². The highest BCUT2D eigenvalue weighted by atomic mass is 15.0. The molecule has 1 atom stereocenters. The molecule has 100 valence electrons. The molecular formula is C16H21N3. The summed E-state index contributed by atoms with van der Waals surface area (Å²) in [6.07, 6.45) is 4.34. The van der Waals surface area contributed by atoms with Crippen molar-refractivity contribution < 1.29 is 0 Å². The summed E-state index contributed by atoms with van der Waals surface area (Å²) in [6.45, 7) is 6.31. The lowest BCUT2D eigenvalue weighted by Crippen LogP contribution is -2.36. The standard InChI is InChI=1S/C16H21N3/c1-10-4-5-11(2)13(8-10)14-9-18-15(19-14)16(3,17)12-6-7-12/h4-5,8-9,12H,6-7,17H2,1-3H3,(H,18,19). The third kappa shape index (κ3) is 2.19. The molecule has 3 N–H and O–H groups in total. The second-order valence-corrected chi connectivity index (χ2v) is 6.02. The minimum atomic E-state index is -0.323. The Kier molecular flexibility index (Phi) is 2.75. The van der Waals surface area contributed by atoms with Gasteiger partial charge < -0.3 is 10.7 Å². The summed E-state index contributed by atoms with van der Waals surface area (Å²) in [5.74, 6) is 1.48. The van der Waals surface area contributed by atoms with Crippen molar-refractivity contribution in [2.45, 2.75) is 39.2 Å². The second kappa shape index (κ2) is 4.20. The normalized spacial score (nSPS) is 18.3. The van der Waals surface area contributed by atoms with Crippen molar-refractivity contribution in [2.75, 3.05) is 0 Å². The summed E-state index contributed by atoms with van der Waals surface area (Å²) in [5.41, 5.74) is 10.9. The second-order valence-electron chi connectivity index (χ2n) is 6.02. The number of nitrogens with one attached hydrogen (secondary N) is 1. The van der Waals surface area contributed by atoms with Crippen LogP contribution in [0.3, 0.4) is 0 Å². The van der Waals surface area contributed by atoms with Crippen molar-refractivity contribution in [2.24, 2.45) is 11.7 Å². The van der Waals surface area contributed by atoms with Crippen molar-refractivity contribution in [3.05, 3.63) is 41.3 Å². The molecule has 3 heteroatoms. The van der Waals surface area contributed by atoms with Gasteiger partial charge in [-0.15, -0.1) is 0 Å². The van der Waals surface area contributed by atoms with E-state index in [1.807, 2.05) is 6.20 Å². The molecule has 0 aliphatic heterocycles. The number of aromatic amines is 1. The first-order valence-electron chi connectivity index (χ1n) is 6.90. The summed E-state index contributed by atoms with van der Waals surface area (Å²) in [6, 6.07) is 6.47. The lowest BCUT2D eigenvalue weighted by molar-refractivity contribution is 0.404. The van der Waals surface area contributed by atoms with Gasteiger partial charge in [0.25, 0.3) is 0 Å². The van der Waals surface area contributed by atoms with E-state index in [0.29, 0.717) is 5.92 Å². The number of nitrogens with two attached hydrogens (primary N) is 1. The third-order valence-electron chi connectivity index (χ3n) is 4.19. The van der Waals surface area contributed by atoms with Gasteiger partial charge in [0, 0.05) is 5.56 Å². The number of H-pyrrole nitrogens is 1. The van der Waals surface area contributed by atoms with Crippen molar-refractivity contribution in [1.29, 1.82) is 0 Å². The lowest BCUT2D eigenvalue weighted by atomic mass is 9.96. The molecule has 19 heavy (non-hydrogen) atoms. The molecule has 2 aromatic rings. The number of hydrogen-bond donors (Lipinski definition) is 2. The fourth-order valence-corrected chi connectivity index (χ4v) is 2.63. The zero-order valence-corrected chi connectivity index (χ0v) is 11.8. The van der Waals surface area contributed by atoms with Gasteiger partial charge in [0.05, 0.1) is 17.4 Å². The van der Waals surface area contributed by atoms with Gasteiger partial charge in [-0.25, -0.2) is 4.98 Å². The Bertz CT molecular complexity index is 606. The van der Waals surface area contributed by atoms with Crippen molar-refractivity contribution in [1.82, 2.24) is 9.97 Å². The minimum Gasteiger partial charge on any atom is -0.340 e. The van der Waals surface area contributed by atoms with E-state index in [4.69, 9.17) is 5.73 Å². The van der Waals surface area contributed by atoms with E-state index < -0.39 is 0 Å². The van der Waals surface area contributed by atoms with E-state index in [0.717, 1.165) is 11.5 Å². The van der Waals surface area contributed by atoms with Crippen molar-refractivity contribution in [3.63, 3.8) is 0 Å². The molecule has 1 aromatic carbocycles. The van der Waals surface area contributed by atoms with Gasteiger partial charge in [0.15, 0.2) is 0 Å². The van der Waals surface area contributed by atoms with E-state index >= 15 is 0 Å². The maximum Gasteiger partial charge on any atom is 0.126 e. The average molecular weight is 255 g/mol. The Morgan fingerprint density at radius 3 is 2.74 bits per heavy atom. The highest BCUT2D eigenvalue weighted by molar-refractivity contribution is 5.64. The van der Waals surface area contributed by atoms with Crippen molar-refractivity contribution >= 4 is 0 Å². The quantitative estimate of drug-likeness (QED) is 0.884. The molecule has 1 fully saturated rings. The summed E-state index contributed by atoms with van der Waals surface area (Å²) in [4.78, 5) is 7.94. The molecular weight excluding hydrogens is 234 g/mol. The van der Waals surface area contributed by atoms with E-state index in [-0.39, 0.29) is 5.54 Å². The van der Waals surface area contributed by atoms with Gasteiger partial charge in [0.1, 0.15) is 5.82 Å². The molecule has 0 radical (unpaired) electrons. The van der Waals surface area contributed by atoms with Gasteiger partial charge >= 0.3 is 0 Å². The molecule has 3 nitrogen and oxygen atoms in total. The molecule has 0 amide bonds. The minimum absolute atomic E-state index is 0.323. The van der Waals surface area contributed by atoms with Crippen LogP contribution >= 0.6 is 0 Å². The monoisotopic (exact) mass is 255 g/mol. The Labute approximate surface area is 114 Å². The number of imidazole rings is 1. The molecule has 0 saturated heterocycles. The number of nitrogens with zero attached hydrogens (tertiary/aromatic N) is 1. The molecule has 1 aromatic heterocycles. The molecule has 1 saturated carbocycles. The molecule has 1 unspecified atom stereocenters. The Balaban J connectivity index is 1.99. The Morgan fingerprint density at radius 2 is 2.05 bits per heavy atom. The van der Waals surface area contributed by atoms with E-state index in [1.54, 1.807) is 0 Å². The molecule has 3 rings (SSSR count). The summed E-state index contributed by atoms with van der Waals surface area (Å²) >= 11 is 0. The van der Waals surface area contributed by atoms with Gasteiger partial charge in [-0.05, 0) is 51.2 Å². The smallest absolute Gasteiger partial charge is 0.126 e. The highest BCUT2D eigenvalue weighted by Gasteiger charge is 2.41. The van der Waals surface area contributed by atoms with Gasteiger partial charge in [0.2, 0.25) is 0 Å². The van der Waals surface area contributed by atoms with Crippen LogP contribution in [0.25, 0.3) is 11.3 Å². The van der Waals surface area contributed by atoms with Crippen LogP contribution in [0.2, 0.25) is 0 Å². The number of aromatic nitrogens is 2. The zero-order chi connectivity index (χ0) is 13.6. The van der Waals surface area contributed by atoms with Crippen LogP contribution in [0, 0.1) is 19.8 Å². The first-order valence-corrected chi connectivity index (χ1v) is 6.90. The largest absolute Gasteiger partial charge is 0.340 e. The fourth-order valence-electron chi connectivity index (χ4n) is 2.63. The van der Waals surface area contributed by atoms with Crippen LogP contribution in [0.5, 0.6) is 0 Å². The van der Waals surface area contributed by atoms with Gasteiger partial charge in [-0.1, -0.05) is 17.7 Å². The van der Waals surface area contributed by atoms with Gasteiger partial charge in [-0.2, -0.15) is 0 Å². The zero-order valence-electron chi connectivity index (χ0n) is 11.8. The van der Waals surface area contributed by atoms with Crippen LogP contribution in [0.4, 0.5) is 0 Å². The van der Waals surface area contributed by atoms with Crippen molar-refractivity contribution in [3.8, 4) is 11.3 Å². The van der Waals surface area contributed by atoms with Gasteiger partial charge in [-0.3, -0.25) is 0 Å². The van der Waals surface area contributed by atoms with Crippen LogP contribution in [0.1, 0.15) is 36.7 Å². The molecule has 1 heterocycles. The lowest BCUT2D eigenvalue weighted by Gasteiger charge is -2.21. The average Bonchev–Trinajstić information content (AvgIpc) is 3.11. The summed E-state index contributed by atoms with van der Waals surface area (Å²) in [7, 11) is 0. The molecule has 0 bridgehead atoms. The SMILES string of the molecule is Cc1ccc(C)c(-c2cnc(C(C)(N)C3CC3)[nH]2)c1. The predicted octanol–water partition coefficient (Wildman–Crippen LogP) is 3.28. The maximum absolute atomic E-state index is 6.41. The summed E-state index contributed by atoms with van der Waals surface area (Å²) < 4.78 is 0. The van der Waals surface area contributed by atoms with E-state index in [2.05, 4.69) is 48.9 Å². The van der Waals surface area contributed by atoms with Crippen LogP contribution in [-0.2, 0) is 5.54 Å².